The second kappa shape index (κ2) is 7.74. The monoisotopic (exact) mass is 409 g/mol. The number of ether oxygens (including phenoxy) is 3. The minimum Gasteiger partial charge on any atom is -0.503 e. The summed E-state index contributed by atoms with van der Waals surface area (Å²) in [6.45, 7) is 4.35. The van der Waals surface area contributed by atoms with Gasteiger partial charge >= 0.3 is 0 Å². The molecule has 156 valence electrons. The van der Waals surface area contributed by atoms with Crippen molar-refractivity contribution in [3.63, 3.8) is 0 Å². The van der Waals surface area contributed by atoms with Crippen LogP contribution in [0.3, 0.4) is 0 Å². The first-order valence-electron chi connectivity index (χ1n) is 9.77. The maximum Gasteiger partial charge on any atom is 0.294 e. The highest BCUT2D eigenvalue weighted by atomic mass is 16.6. The van der Waals surface area contributed by atoms with E-state index in [1.165, 1.54) is 4.90 Å². The van der Waals surface area contributed by atoms with Crippen molar-refractivity contribution in [3.8, 4) is 17.2 Å². The van der Waals surface area contributed by atoms with Crippen molar-refractivity contribution in [2.75, 3.05) is 25.2 Å². The van der Waals surface area contributed by atoms with Crippen molar-refractivity contribution in [2.45, 2.75) is 19.9 Å². The SMILES string of the molecule is COc1ccc(C2C(C(=O)C(C)C)=C(O)C(=O)N2c2ccc3c(c2)OCCO3)cc1. The highest BCUT2D eigenvalue weighted by Gasteiger charge is 2.45. The molecule has 0 spiro atoms. The summed E-state index contributed by atoms with van der Waals surface area (Å²) in [5.74, 6) is -0.0473. The highest BCUT2D eigenvalue weighted by Crippen LogP contribution is 2.44. The van der Waals surface area contributed by atoms with Crippen LogP contribution >= 0.6 is 0 Å². The minimum absolute atomic E-state index is 0.0926. The Balaban J connectivity index is 1.83. The highest BCUT2D eigenvalue weighted by molar-refractivity contribution is 6.16. The number of carbonyl (C=O) groups is 2. The number of aliphatic hydroxyl groups excluding tert-OH is 1. The van der Waals surface area contributed by atoms with Crippen molar-refractivity contribution in [2.24, 2.45) is 5.92 Å². The van der Waals surface area contributed by atoms with Crippen molar-refractivity contribution in [1.82, 2.24) is 0 Å². The van der Waals surface area contributed by atoms with E-state index < -0.39 is 17.7 Å². The molecule has 0 aromatic heterocycles. The number of amides is 1. The van der Waals surface area contributed by atoms with Crippen LogP contribution in [-0.4, -0.2) is 37.1 Å². The largest absolute Gasteiger partial charge is 0.503 e. The Morgan fingerprint density at radius 3 is 2.40 bits per heavy atom. The molecule has 0 saturated carbocycles. The maximum atomic E-state index is 13.1. The van der Waals surface area contributed by atoms with Crippen LogP contribution in [0.4, 0.5) is 5.69 Å². The molecule has 1 N–H and O–H groups in total. The summed E-state index contributed by atoms with van der Waals surface area (Å²) in [6, 6.07) is 11.5. The zero-order valence-corrected chi connectivity index (χ0v) is 17.0. The molecule has 30 heavy (non-hydrogen) atoms. The van der Waals surface area contributed by atoms with Crippen molar-refractivity contribution < 1.29 is 28.9 Å². The molecule has 7 nitrogen and oxygen atoms in total. The third-order valence-electron chi connectivity index (χ3n) is 5.23. The number of fused-ring (bicyclic) bond motifs is 1. The number of anilines is 1. The number of hydrogen-bond donors (Lipinski definition) is 1. The van der Waals surface area contributed by atoms with Crippen molar-refractivity contribution in [3.05, 3.63) is 59.4 Å². The fraction of sp³-hybridized carbons (Fsp3) is 0.304. The Bertz CT molecular complexity index is 1020. The zero-order chi connectivity index (χ0) is 21.4. The minimum atomic E-state index is -0.763. The lowest BCUT2D eigenvalue weighted by Crippen LogP contribution is -2.31. The number of Topliss-reactive ketones (excluding diaryl/α,β-unsaturated/α-hetero) is 1. The van der Waals surface area contributed by atoms with E-state index in [1.807, 2.05) is 0 Å². The molecule has 4 rings (SSSR count). The van der Waals surface area contributed by atoms with Crippen molar-refractivity contribution >= 4 is 17.4 Å². The van der Waals surface area contributed by atoms with Crippen LogP contribution in [0, 0.1) is 5.92 Å². The molecule has 7 heteroatoms. The van der Waals surface area contributed by atoms with E-state index >= 15 is 0 Å². The lowest BCUT2D eigenvalue weighted by atomic mass is 9.91. The van der Waals surface area contributed by atoms with Crippen LogP contribution in [0.25, 0.3) is 0 Å². The van der Waals surface area contributed by atoms with E-state index in [2.05, 4.69) is 0 Å². The molecular formula is C23H23NO6. The molecule has 0 bridgehead atoms. The van der Waals surface area contributed by atoms with E-state index in [4.69, 9.17) is 14.2 Å². The summed E-state index contributed by atoms with van der Waals surface area (Å²) in [5, 5.41) is 10.7. The Morgan fingerprint density at radius 2 is 1.77 bits per heavy atom. The summed E-state index contributed by atoms with van der Waals surface area (Å²) in [7, 11) is 1.56. The van der Waals surface area contributed by atoms with Crippen LogP contribution in [0.15, 0.2) is 53.8 Å². The number of nitrogens with zero attached hydrogens (tertiary/aromatic N) is 1. The predicted octanol–water partition coefficient (Wildman–Crippen LogP) is 3.59. The van der Waals surface area contributed by atoms with Gasteiger partial charge in [-0.1, -0.05) is 26.0 Å². The second-order valence-electron chi connectivity index (χ2n) is 7.46. The van der Waals surface area contributed by atoms with Gasteiger partial charge in [0.15, 0.2) is 23.0 Å². The van der Waals surface area contributed by atoms with Crippen LogP contribution in [0.1, 0.15) is 25.5 Å². The normalized spacial score (nSPS) is 18.2. The van der Waals surface area contributed by atoms with Gasteiger partial charge in [0.05, 0.1) is 18.7 Å². The molecule has 2 aromatic carbocycles. The number of ketones is 1. The Hall–Kier alpha value is -3.48. The summed E-state index contributed by atoms with van der Waals surface area (Å²) in [5.41, 5.74) is 1.28. The average molecular weight is 409 g/mol. The third-order valence-corrected chi connectivity index (χ3v) is 5.23. The van der Waals surface area contributed by atoms with Gasteiger partial charge in [0, 0.05) is 17.7 Å². The van der Waals surface area contributed by atoms with Gasteiger partial charge in [-0.2, -0.15) is 0 Å². The number of aliphatic hydroxyl groups is 1. The van der Waals surface area contributed by atoms with Gasteiger partial charge in [0.2, 0.25) is 0 Å². The van der Waals surface area contributed by atoms with Crippen LogP contribution in [0.5, 0.6) is 17.2 Å². The second-order valence-corrected chi connectivity index (χ2v) is 7.46. The third kappa shape index (κ3) is 3.26. The van der Waals surface area contributed by atoms with Crippen LogP contribution in [-0.2, 0) is 9.59 Å². The van der Waals surface area contributed by atoms with Gasteiger partial charge in [-0.15, -0.1) is 0 Å². The molecule has 0 aliphatic carbocycles. The van der Waals surface area contributed by atoms with E-state index in [-0.39, 0.29) is 17.3 Å². The van der Waals surface area contributed by atoms with Crippen molar-refractivity contribution in [1.29, 1.82) is 0 Å². The molecular weight excluding hydrogens is 386 g/mol. The summed E-state index contributed by atoms with van der Waals surface area (Å²) >= 11 is 0. The predicted molar refractivity (Wildman–Crippen MR) is 110 cm³/mol. The Kier molecular flexibility index (Phi) is 5.11. The average Bonchev–Trinajstić information content (AvgIpc) is 3.03. The van der Waals surface area contributed by atoms with Gasteiger partial charge in [-0.3, -0.25) is 14.5 Å². The number of benzene rings is 2. The zero-order valence-electron chi connectivity index (χ0n) is 17.0. The number of rotatable bonds is 5. The first kappa shape index (κ1) is 19.8. The van der Waals surface area contributed by atoms with E-state index in [0.717, 1.165) is 0 Å². The molecule has 1 atom stereocenters. The maximum absolute atomic E-state index is 13.1. The van der Waals surface area contributed by atoms with Crippen LogP contribution in [0.2, 0.25) is 0 Å². The molecule has 0 fully saturated rings. The van der Waals surface area contributed by atoms with Gasteiger partial charge < -0.3 is 19.3 Å². The standard InChI is InChI=1S/C23H23NO6/c1-13(2)21(25)19-20(14-4-7-16(28-3)8-5-14)24(23(27)22(19)26)15-6-9-17-18(12-15)30-11-10-29-17/h4-9,12-13,20,26H,10-11H2,1-3H3. The fourth-order valence-corrected chi connectivity index (χ4v) is 3.72. The van der Waals surface area contributed by atoms with E-state index in [1.54, 1.807) is 63.4 Å². The molecule has 1 unspecified atom stereocenters. The van der Waals surface area contributed by atoms with Crippen LogP contribution < -0.4 is 19.1 Å². The number of carbonyl (C=O) groups excluding carboxylic acids is 2. The quantitative estimate of drug-likeness (QED) is 0.812. The first-order valence-corrected chi connectivity index (χ1v) is 9.77. The number of methoxy groups -OCH3 is 1. The lowest BCUT2D eigenvalue weighted by molar-refractivity contribution is -0.119. The smallest absolute Gasteiger partial charge is 0.294 e. The molecule has 2 heterocycles. The Labute approximate surface area is 174 Å². The topological polar surface area (TPSA) is 85.3 Å². The van der Waals surface area contributed by atoms with Gasteiger partial charge in [-0.25, -0.2) is 0 Å². The molecule has 0 radical (unpaired) electrons. The van der Waals surface area contributed by atoms with Gasteiger partial charge in [-0.05, 0) is 29.8 Å². The molecule has 2 aromatic rings. The van der Waals surface area contributed by atoms with Gasteiger partial charge in [0.25, 0.3) is 5.91 Å². The van der Waals surface area contributed by atoms with Gasteiger partial charge in [0.1, 0.15) is 19.0 Å². The van der Waals surface area contributed by atoms with E-state index in [9.17, 15) is 14.7 Å². The lowest BCUT2D eigenvalue weighted by Gasteiger charge is -2.28. The Morgan fingerprint density at radius 1 is 1.10 bits per heavy atom. The van der Waals surface area contributed by atoms with E-state index in [0.29, 0.717) is 41.7 Å². The molecule has 1 amide bonds. The fourth-order valence-electron chi connectivity index (χ4n) is 3.72. The summed E-state index contributed by atoms with van der Waals surface area (Å²) in [6.07, 6.45) is 0. The number of hydrogen-bond acceptors (Lipinski definition) is 6. The summed E-state index contributed by atoms with van der Waals surface area (Å²) in [4.78, 5) is 27.5. The summed E-state index contributed by atoms with van der Waals surface area (Å²) < 4.78 is 16.4. The molecule has 2 aliphatic rings. The molecule has 2 aliphatic heterocycles. The molecule has 0 saturated heterocycles. The first-order chi connectivity index (χ1) is 14.4.